The summed E-state index contributed by atoms with van der Waals surface area (Å²) in [6.07, 6.45) is -0.830. The van der Waals surface area contributed by atoms with Crippen molar-refractivity contribution >= 4 is 42.2 Å². The largest absolute Gasteiger partial charge is 1.00 e. The van der Waals surface area contributed by atoms with Gasteiger partial charge in [-0.1, -0.05) is 11.9 Å². The van der Waals surface area contributed by atoms with Crippen LogP contribution >= 0.6 is 35.2 Å². The molecule has 0 N–H and O–H groups in total. The second kappa shape index (κ2) is 6.65. The maximum absolute atomic E-state index is 12.1. The van der Waals surface area contributed by atoms with Crippen molar-refractivity contribution in [2.24, 2.45) is 0 Å². The maximum Gasteiger partial charge on any atom is 1.00 e. The van der Waals surface area contributed by atoms with E-state index in [2.05, 4.69) is 12.6 Å². The van der Waals surface area contributed by atoms with E-state index in [-0.39, 0.29) is 56.9 Å². The second-order valence-corrected chi connectivity index (χ2v) is 4.78. The molecule has 1 aromatic rings. The molecule has 0 aliphatic heterocycles. The Hall–Kier alpha value is 1.79. The predicted octanol–water partition coefficient (Wildman–Crippen LogP) is 0.821. The molecule has 0 unspecified atom stereocenters. The normalized spacial score (nSPS) is 11.1. The third-order valence-electron chi connectivity index (χ3n) is 1.84. The Morgan fingerprint density at radius 3 is 2.27 bits per heavy atom. The minimum atomic E-state index is -4.76. The zero-order chi connectivity index (χ0) is 10.9. The van der Waals surface area contributed by atoms with Gasteiger partial charge in [-0.05, 0) is 47.2 Å². The summed E-state index contributed by atoms with van der Waals surface area (Å²) < 4.78 is 37.2. The van der Waals surface area contributed by atoms with E-state index in [1.807, 2.05) is 29.5 Å². The summed E-state index contributed by atoms with van der Waals surface area (Å²) >= 11 is 6.14. The van der Waals surface area contributed by atoms with Crippen LogP contribution in [0.2, 0.25) is 0 Å². The van der Waals surface area contributed by atoms with Crippen molar-refractivity contribution < 1.29 is 64.3 Å². The molecule has 7 heteroatoms. The third-order valence-corrected chi connectivity index (χ3v) is 3.43. The van der Waals surface area contributed by atoms with Gasteiger partial charge in [0, 0.05) is 8.47 Å². The topological polar surface area (TPSA) is 0 Å². The van der Waals surface area contributed by atoms with Crippen LogP contribution in [-0.2, 0) is 6.32 Å². The van der Waals surface area contributed by atoms with Crippen molar-refractivity contribution in [1.82, 2.24) is 0 Å². The van der Waals surface area contributed by atoms with Gasteiger partial charge >= 0.3 is 58.4 Å². The predicted molar refractivity (Wildman–Crippen MR) is 63.9 cm³/mol. The molecular weight excluding hydrogens is 362 g/mol. The summed E-state index contributed by atoms with van der Waals surface area (Å²) in [5, 5.41) is 0. The Morgan fingerprint density at radius 2 is 1.87 bits per heavy atom. The zero-order valence-corrected chi connectivity index (χ0v) is 14.6. The molecule has 0 saturated heterocycles. The van der Waals surface area contributed by atoms with Gasteiger partial charge in [-0.2, -0.15) is 0 Å². The first kappa shape index (κ1) is 16.8. The van der Waals surface area contributed by atoms with Gasteiger partial charge in [0.1, 0.15) is 0 Å². The van der Waals surface area contributed by atoms with Gasteiger partial charge in [0.15, 0.2) is 0 Å². The fourth-order valence-corrected chi connectivity index (χ4v) is 2.29. The van der Waals surface area contributed by atoms with Gasteiger partial charge in [0.05, 0.1) is 0 Å². The maximum atomic E-state index is 12.1. The molecule has 0 bridgehead atoms. The summed E-state index contributed by atoms with van der Waals surface area (Å²) in [5.74, 6) is 0. The molecule has 78 valence electrons. The van der Waals surface area contributed by atoms with Crippen LogP contribution < -0.4 is 51.4 Å². The van der Waals surface area contributed by atoms with Gasteiger partial charge < -0.3 is 12.9 Å². The fourth-order valence-electron chi connectivity index (χ4n) is 1.10. The minimum absolute atomic E-state index is 0. The molecule has 0 aliphatic carbocycles. The second-order valence-electron chi connectivity index (χ2n) is 3.14. The Balaban J connectivity index is 0.00000196. The average molecular weight is 370 g/mol. The van der Waals surface area contributed by atoms with Crippen LogP contribution in [0.4, 0.5) is 12.9 Å². The first-order valence-electron chi connectivity index (χ1n) is 3.98. The molecule has 0 spiro atoms. The SMILES string of the molecule is Cc1c(S)cc(C[B-](F)(F)F)cc1I.[K+]. The molecule has 0 amide bonds. The average Bonchev–Trinajstić information content (AvgIpc) is 1.96. The number of halogens is 4. The van der Waals surface area contributed by atoms with Gasteiger partial charge in [-0.3, -0.25) is 0 Å². The van der Waals surface area contributed by atoms with Crippen LogP contribution in [0, 0.1) is 10.5 Å². The zero-order valence-electron chi connectivity index (χ0n) is 8.40. The standard InChI is InChI=1S/C8H8BF3IS.K/c1-5-7(13)2-6(3-8(5)14)4-9(10,11)12;/h2-3,14H,4H2,1H3;/q-1;+1. The third kappa shape index (κ3) is 5.78. The van der Waals surface area contributed by atoms with Crippen molar-refractivity contribution in [1.29, 1.82) is 0 Å². The van der Waals surface area contributed by atoms with Gasteiger partial charge in [-0.25, -0.2) is 0 Å². The molecule has 0 fully saturated rings. The van der Waals surface area contributed by atoms with E-state index < -0.39 is 13.3 Å². The number of hydrogen-bond donors (Lipinski definition) is 1. The summed E-state index contributed by atoms with van der Waals surface area (Å²) in [7, 11) is 0. The Labute approximate surface area is 149 Å². The van der Waals surface area contributed by atoms with E-state index in [0.717, 1.165) is 9.13 Å². The molecule has 1 aromatic carbocycles. The molecule has 0 atom stereocenters. The molecule has 0 saturated carbocycles. The van der Waals surface area contributed by atoms with Gasteiger partial charge in [0.2, 0.25) is 0 Å². The van der Waals surface area contributed by atoms with Crippen LogP contribution in [-0.4, -0.2) is 6.98 Å². The molecule has 15 heavy (non-hydrogen) atoms. The number of benzene rings is 1. The van der Waals surface area contributed by atoms with Crippen molar-refractivity contribution in [2.75, 3.05) is 0 Å². The number of thiol groups is 1. The first-order valence-corrected chi connectivity index (χ1v) is 5.51. The smallest absolute Gasteiger partial charge is 0.449 e. The van der Waals surface area contributed by atoms with E-state index >= 15 is 0 Å². The van der Waals surface area contributed by atoms with E-state index in [4.69, 9.17) is 0 Å². The van der Waals surface area contributed by atoms with Crippen LogP contribution in [0.5, 0.6) is 0 Å². The van der Waals surface area contributed by atoms with Crippen molar-refractivity contribution in [3.63, 3.8) is 0 Å². The Kier molecular flexibility index (Phi) is 7.45. The summed E-state index contributed by atoms with van der Waals surface area (Å²) in [6, 6.07) is 3.04. The molecule has 0 aliphatic rings. The number of rotatable bonds is 2. The van der Waals surface area contributed by atoms with Crippen LogP contribution in [0.15, 0.2) is 17.0 Å². The van der Waals surface area contributed by atoms with E-state index in [1.165, 1.54) is 6.07 Å². The molecule has 0 heterocycles. The molecule has 1 rings (SSSR count). The molecule has 0 radical (unpaired) electrons. The van der Waals surface area contributed by atoms with Crippen molar-refractivity contribution in [2.45, 2.75) is 18.1 Å². The molecule has 0 nitrogen and oxygen atoms in total. The van der Waals surface area contributed by atoms with Crippen LogP contribution in [0.1, 0.15) is 11.1 Å². The van der Waals surface area contributed by atoms with E-state index in [0.29, 0.717) is 4.90 Å². The van der Waals surface area contributed by atoms with Crippen molar-refractivity contribution in [3.05, 3.63) is 26.8 Å². The molecule has 0 aromatic heterocycles. The van der Waals surface area contributed by atoms with E-state index in [9.17, 15) is 12.9 Å². The summed E-state index contributed by atoms with van der Waals surface area (Å²) in [4.78, 5) is 0.618. The first-order chi connectivity index (χ1) is 6.29. The summed E-state index contributed by atoms with van der Waals surface area (Å²) in [6.45, 7) is -2.92. The fraction of sp³-hybridized carbons (Fsp3) is 0.250. The van der Waals surface area contributed by atoms with Crippen molar-refractivity contribution in [3.8, 4) is 0 Å². The van der Waals surface area contributed by atoms with Crippen LogP contribution in [0.25, 0.3) is 0 Å². The van der Waals surface area contributed by atoms with Gasteiger partial charge in [0.25, 0.3) is 0 Å². The minimum Gasteiger partial charge on any atom is -0.449 e. The summed E-state index contributed by atoms with van der Waals surface area (Å²) in [5.41, 5.74) is 1.21. The Bertz CT molecular complexity index is 333. The van der Waals surface area contributed by atoms with Crippen LogP contribution in [0.3, 0.4) is 0 Å². The monoisotopic (exact) mass is 370 g/mol. The quantitative estimate of drug-likeness (QED) is 0.445. The molecular formula is C8H8BF3IKS. The Morgan fingerprint density at radius 1 is 1.33 bits per heavy atom. The van der Waals surface area contributed by atoms with Gasteiger partial charge in [-0.15, -0.1) is 12.6 Å². The number of hydrogen-bond acceptors (Lipinski definition) is 1. The van der Waals surface area contributed by atoms with E-state index in [1.54, 1.807) is 6.07 Å².